The predicted molar refractivity (Wildman–Crippen MR) is 45.1 cm³/mol. The van der Waals surface area contributed by atoms with Gasteiger partial charge in [0.1, 0.15) is 6.29 Å². The number of carbonyl (C=O) groups is 1. The summed E-state index contributed by atoms with van der Waals surface area (Å²) in [6, 6.07) is 3.75. The first-order valence-electron chi connectivity index (χ1n) is 3.65. The fourth-order valence-electron chi connectivity index (χ4n) is 0.889. The number of carbonyl (C=O) groups excluding carboxylic acids is 1. The largest absolute Gasteiger partial charge is 0.501 e. The molecule has 0 aliphatic rings. The zero-order valence-electron chi connectivity index (χ0n) is 7.15. The molecule has 0 atom stereocenters. The number of rotatable bonds is 2. The third kappa shape index (κ3) is 2.17. The summed E-state index contributed by atoms with van der Waals surface area (Å²) in [6.07, 6.45) is 0.273. The van der Waals surface area contributed by atoms with Crippen LogP contribution in [-0.2, 0) is 9.84 Å². The molecule has 1 aromatic carbocycles. The van der Waals surface area contributed by atoms with Crippen molar-refractivity contribution in [2.45, 2.75) is 10.4 Å². The Bertz CT molecular complexity index is 476. The maximum atomic E-state index is 12.1. The molecule has 0 saturated carbocycles. The van der Waals surface area contributed by atoms with Crippen molar-refractivity contribution in [1.29, 1.82) is 0 Å². The monoisotopic (exact) mass is 238 g/mol. The summed E-state index contributed by atoms with van der Waals surface area (Å²) < 4.78 is 58.0. The van der Waals surface area contributed by atoms with E-state index in [9.17, 15) is 26.4 Å². The Labute approximate surface area is 83.4 Å². The molecule has 0 bridgehead atoms. The third-order valence-corrected chi connectivity index (χ3v) is 3.09. The molecule has 0 N–H and O–H groups in total. The fraction of sp³-hybridized carbons (Fsp3) is 0.125. The molecule has 0 heterocycles. The SMILES string of the molecule is O=Cc1cccc(S(=O)(=O)C(F)(F)F)c1. The van der Waals surface area contributed by atoms with Crippen LogP contribution < -0.4 is 0 Å². The van der Waals surface area contributed by atoms with Crippen LogP contribution in [0.2, 0.25) is 0 Å². The van der Waals surface area contributed by atoms with Crippen LogP contribution >= 0.6 is 0 Å². The number of alkyl halides is 3. The number of hydrogen-bond donors (Lipinski definition) is 0. The highest BCUT2D eigenvalue weighted by atomic mass is 32.2. The normalized spacial score (nSPS) is 12.5. The molecule has 0 aliphatic carbocycles. The Hall–Kier alpha value is -1.37. The van der Waals surface area contributed by atoms with Gasteiger partial charge in [0, 0.05) is 5.56 Å². The molecule has 0 unspecified atom stereocenters. The lowest BCUT2D eigenvalue weighted by Gasteiger charge is -2.07. The second kappa shape index (κ2) is 3.65. The third-order valence-electron chi connectivity index (χ3n) is 1.61. The molecule has 82 valence electrons. The molecule has 0 spiro atoms. The minimum atomic E-state index is -5.37. The number of sulfone groups is 1. The molecule has 0 radical (unpaired) electrons. The zero-order valence-corrected chi connectivity index (χ0v) is 7.97. The summed E-state index contributed by atoms with van der Waals surface area (Å²) in [4.78, 5) is 9.33. The first kappa shape index (κ1) is 11.7. The summed E-state index contributed by atoms with van der Waals surface area (Å²) >= 11 is 0. The van der Waals surface area contributed by atoms with Gasteiger partial charge in [-0.1, -0.05) is 12.1 Å². The van der Waals surface area contributed by atoms with Gasteiger partial charge in [-0.15, -0.1) is 0 Å². The summed E-state index contributed by atoms with van der Waals surface area (Å²) in [5.74, 6) is 0. The highest BCUT2D eigenvalue weighted by molar-refractivity contribution is 7.92. The Morgan fingerprint density at radius 2 is 1.80 bits per heavy atom. The average molecular weight is 238 g/mol. The summed E-state index contributed by atoms with van der Waals surface area (Å²) in [6.45, 7) is 0. The first-order chi connectivity index (χ1) is 6.79. The van der Waals surface area contributed by atoms with Crippen molar-refractivity contribution in [2.75, 3.05) is 0 Å². The lowest BCUT2D eigenvalue weighted by atomic mass is 10.2. The molecule has 3 nitrogen and oxygen atoms in total. The maximum Gasteiger partial charge on any atom is 0.501 e. The smallest absolute Gasteiger partial charge is 0.298 e. The number of halogens is 3. The lowest BCUT2D eigenvalue weighted by molar-refractivity contribution is -0.0436. The number of benzene rings is 1. The van der Waals surface area contributed by atoms with Crippen molar-refractivity contribution in [3.63, 3.8) is 0 Å². The van der Waals surface area contributed by atoms with E-state index in [0.717, 1.165) is 12.1 Å². The number of aldehydes is 1. The van der Waals surface area contributed by atoms with Crippen molar-refractivity contribution in [1.82, 2.24) is 0 Å². The quantitative estimate of drug-likeness (QED) is 0.738. The van der Waals surface area contributed by atoms with Gasteiger partial charge in [0.2, 0.25) is 0 Å². The van der Waals surface area contributed by atoms with Gasteiger partial charge in [-0.2, -0.15) is 13.2 Å². The van der Waals surface area contributed by atoms with E-state index in [4.69, 9.17) is 0 Å². The van der Waals surface area contributed by atoms with Crippen molar-refractivity contribution >= 4 is 16.1 Å². The van der Waals surface area contributed by atoms with Crippen molar-refractivity contribution < 1.29 is 26.4 Å². The van der Waals surface area contributed by atoms with E-state index in [0.29, 0.717) is 6.07 Å². The minimum Gasteiger partial charge on any atom is -0.298 e. The molecule has 0 fully saturated rings. The van der Waals surface area contributed by atoms with Gasteiger partial charge in [-0.05, 0) is 12.1 Å². The van der Waals surface area contributed by atoms with Gasteiger partial charge < -0.3 is 0 Å². The van der Waals surface area contributed by atoms with Crippen LogP contribution in [-0.4, -0.2) is 20.2 Å². The molecular weight excluding hydrogens is 233 g/mol. The highest BCUT2D eigenvalue weighted by Gasteiger charge is 2.46. The van der Waals surface area contributed by atoms with Gasteiger partial charge in [0.15, 0.2) is 0 Å². The Kier molecular flexibility index (Phi) is 2.85. The molecule has 0 saturated heterocycles. The van der Waals surface area contributed by atoms with Crippen LogP contribution in [0.4, 0.5) is 13.2 Å². The van der Waals surface area contributed by atoms with Gasteiger partial charge >= 0.3 is 5.51 Å². The van der Waals surface area contributed by atoms with Gasteiger partial charge in [-0.3, -0.25) is 4.79 Å². The Balaban J connectivity index is 3.34. The molecule has 0 amide bonds. The Morgan fingerprint density at radius 3 is 2.27 bits per heavy atom. The zero-order chi connectivity index (χ0) is 11.7. The van der Waals surface area contributed by atoms with Crippen LogP contribution in [0.1, 0.15) is 10.4 Å². The van der Waals surface area contributed by atoms with Crippen molar-refractivity contribution in [3.05, 3.63) is 29.8 Å². The Morgan fingerprint density at radius 1 is 1.20 bits per heavy atom. The van der Waals surface area contributed by atoms with Crippen LogP contribution in [0.5, 0.6) is 0 Å². The van der Waals surface area contributed by atoms with Crippen LogP contribution in [0.25, 0.3) is 0 Å². The minimum absolute atomic E-state index is 0.125. The van der Waals surface area contributed by atoms with Gasteiger partial charge in [0.05, 0.1) is 4.90 Å². The van der Waals surface area contributed by atoms with E-state index >= 15 is 0 Å². The molecule has 1 rings (SSSR count). The molecule has 7 heteroatoms. The lowest BCUT2D eigenvalue weighted by Crippen LogP contribution is -2.23. The molecule has 15 heavy (non-hydrogen) atoms. The topological polar surface area (TPSA) is 51.2 Å². The van der Waals surface area contributed by atoms with E-state index in [1.807, 2.05) is 0 Å². The van der Waals surface area contributed by atoms with E-state index in [1.165, 1.54) is 6.07 Å². The van der Waals surface area contributed by atoms with Crippen LogP contribution in [0.15, 0.2) is 29.2 Å². The fourth-order valence-corrected chi connectivity index (χ4v) is 1.70. The highest BCUT2D eigenvalue weighted by Crippen LogP contribution is 2.30. The second-order valence-corrected chi connectivity index (χ2v) is 4.58. The number of hydrogen-bond acceptors (Lipinski definition) is 3. The summed E-state index contributed by atoms with van der Waals surface area (Å²) in [5.41, 5.74) is -5.48. The van der Waals surface area contributed by atoms with E-state index in [1.54, 1.807) is 0 Å². The maximum absolute atomic E-state index is 12.1. The van der Waals surface area contributed by atoms with Crippen molar-refractivity contribution in [2.24, 2.45) is 0 Å². The molecule has 1 aromatic rings. The summed E-state index contributed by atoms with van der Waals surface area (Å²) in [7, 11) is -5.37. The van der Waals surface area contributed by atoms with Crippen LogP contribution in [0.3, 0.4) is 0 Å². The first-order valence-corrected chi connectivity index (χ1v) is 5.14. The van der Waals surface area contributed by atoms with Crippen LogP contribution in [0, 0.1) is 0 Å². The average Bonchev–Trinajstić information content (AvgIpc) is 2.16. The standard InChI is InChI=1S/C8H5F3O3S/c9-8(10,11)15(13,14)7-3-1-2-6(4-7)5-12/h1-5H. The van der Waals surface area contributed by atoms with E-state index < -0.39 is 20.2 Å². The molecular formula is C8H5F3O3S. The molecule has 0 aliphatic heterocycles. The predicted octanol–water partition coefficient (Wildman–Crippen LogP) is 1.79. The van der Waals surface area contributed by atoms with Crippen molar-refractivity contribution in [3.8, 4) is 0 Å². The second-order valence-electron chi connectivity index (χ2n) is 2.64. The van der Waals surface area contributed by atoms with Gasteiger partial charge in [-0.25, -0.2) is 8.42 Å². The van der Waals surface area contributed by atoms with Gasteiger partial charge in [0.25, 0.3) is 9.84 Å². The van der Waals surface area contributed by atoms with E-state index in [2.05, 4.69) is 0 Å². The van der Waals surface area contributed by atoms with E-state index in [-0.39, 0.29) is 11.8 Å². The molecule has 0 aromatic heterocycles. The summed E-state index contributed by atoms with van der Waals surface area (Å²) in [5, 5.41) is 0.